The number of rotatable bonds is 12. The van der Waals surface area contributed by atoms with Crippen LogP contribution in [0.15, 0.2) is 18.2 Å². The van der Waals surface area contributed by atoms with Crippen LogP contribution >= 0.6 is 0 Å². The number of hydrogen-bond donors (Lipinski definition) is 1. The molecule has 1 heterocycles. The monoisotopic (exact) mass is 427 g/mol. The van der Waals surface area contributed by atoms with Crippen molar-refractivity contribution in [2.75, 3.05) is 6.61 Å². The molecule has 1 N–H and O–H groups in total. The molecule has 0 saturated heterocycles. The van der Waals surface area contributed by atoms with E-state index in [-0.39, 0.29) is 12.5 Å². The van der Waals surface area contributed by atoms with Gasteiger partial charge in [0.2, 0.25) is 0 Å². The molecule has 0 aliphatic heterocycles. The third kappa shape index (κ3) is 6.37. The Balaban J connectivity index is 3.17. The average molecular weight is 426 g/mol. The first-order valence-electron chi connectivity index (χ1n) is 9.71. The van der Waals surface area contributed by atoms with Crippen LogP contribution < -0.4 is 3.71 Å². The molecule has 2 nitrogen and oxygen atoms in total. The first kappa shape index (κ1) is 21.0. The van der Waals surface area contributed by atoms with Crippen LogP contribution in [-0.2, 0) is 0 Å². The Morgan fingerprint density at radius 3 is 1.91 bits per heavy atom. The number of aliphatic hydroxyl groups is 1. The van der Waals surface area contributed by atoms with Gasteiger partial charge in [-0.1, -0.05) is 0 Å². The maximum atomic E-state index is 9.48. The van der Waals surface area contributed by atoms with Gasteiger partial charge in [-0.3, -0.25) is 0 Å². The summed E-state index contributed by atoms with van der Waals surface area (Å²) in [4.78, 5) is 5.11. The van der Waals surface area contributed by atoms with Gasteiger partial charge in [0.1, 0.15) is 0 Å². The van der Waals surface area contributed by atoms with Crippen LogP contribution in [0.25, 0.3) is 0 Å². The van der Waals surface area contributed by atoms with Crippen LogP contribution in [0, 0.1) is 0 Å². The van der Waals surface area contributed by atoms with Crippen molar-refractivity contribution in [1.82, 2.24) is 4.98 Å². The predicted molar refractivity (Wildman–Crippen MR) is 104 cm³/mol. The number of nitrogens with zero attached hydrogens (tertiary/aromatic N) is 1. The van der Waals surface area contributed by atoms with Crippen molar-refractivity contribution >= 4 is 22.1 Å². The van der Waals surface area contributed by atoms with Gasteiger partial charge < -0.3 is 0 Å². The van der Waals surface area contributed by atoms with Gasteiger partial charge in [-0.15, -0.1) is 0 Å². The fourth-order valence-electron chi connectivity index (χ4n) is 3.42. The van der Waals surface area contributed by atoms with Gasteiger partial charge in [0.25, 0.3) is 0 Å². The molecule has 0 bridgehead atoms. The van der Waals surface area contributed by atoms with Crippen LogP contribution in [0.4, 0.5) is 0 Å². The molecule has 0 aliphatic rings. The van der Waals surface area contributed by atoms with Crippen molar-refractivity contribution in [3.05, 3.63) is 23.9 Å². The third-order valence-corrected chi connectivity index (χ3v) is 20.2. The molecule has 0 spiro atoms. The summed E-state index contributed by atoms with van der Waals surface area (Å²) < 4.78 is 5.84. The molecule has 1 aromatic rings. The Labute approximate surface area is 148 Å². The van der Waals surface area contributed by atoms with Crippen LogP contribution in [0.5, 0.6) is 0 Å². The zero-order valence-corrected chi connectivity index (χ0v) is 18.6. The fourth-order valence-corrected chi connectivity index (χ4v) is 18.9. The van der Waals surface area contributed by atoms with Gasteiger partial charge in [0, 0.05) is 0 Å². The molecule has 0 aliphatic carbocycles. The topological polar surface area (TPSA) is 33.1 Å². The van der Waals surface area contributed by atoms with E-state index in [9.17, 15) is 5.11 Å². The van der Waals surface area contributed by atoms with Crippen LogP contribution in [0.1, 0.15) is 77.8 Å². The van der Waals surface area contributed by atoms with E-state index in [1.807, 2.05) is 0 Å². The molecule has 1 unspecified atom stereocenters. The second kappa shape index (κ2) is 11.5. The van der Waals surface area contributed by atoms with Gasteiger partial charge in [0.05, 0.1) is 0 Å². The van der Waals surface area contributed by atoms with Crippen LogP contribution in [-0.4, -0.2) is 35.1 Å². The average Bonchev–Trinajstić information content (AvgIpc) is 2.61. The quantitative estimate of drug-likeness (QED) is 0.465. The van der Waals surface area contributed by atoms with E-state index in [1.54, 1.807) is 0 Å². The van der Waals surface area contributed by atoms with E-state index < -0.39 is 18.4 Å². The van der Waals surface area contributed by atoms with E-state index in [0.29, 0.717) is 0 Å². The van der Waals surface area contributed by atoms with E-state index >= 15 is 0 Å². The normalized spacial score (nSPS) is 13.3. The summed E-state index contributed by atoms with van der Waals surface area (Å²) in [6, 6.07) is 6.62. The third-order valence-electron chi connectivity index (χ3n) is 5.12. The summed E-state index contributed by atoms with van der Waals surface area (Å²) >= 11 is -2.41. The second-order valence-corrected chi connectivity index (χ2v) is 20.2. The van der Waals surface area contributed by atoms with E-state index in [1.165, 1.54) is 55.5 Å². The van der Waals surface area contributed by atoms with Crippen molar-refractivity contribution in [3.8, 4) is 0 Å². The number of aliphatic hydroxyl groups excluding tert-OH is 1. The molecule has 0 fully saturated rings. The molecular weight excluding hydrogens is 389 g/mol. The van der Waals surface area contributed by atoms with E-state index in [0.717, 1.165) is 5.69 Å². The first-order valence-corrected chi connectivity index (χ1v) is 17.2. The van der Waals surface area contributed by atoms with Crippen molar-refractivity contribution in [2.24, 2.45) is 0 Å². The molecule has 0 amide bonds. The number of pyridine rings is 1. The summed E-state index contributed by atoms with van der Waals surface area (Å²) in [5, 5.41) is 9.48. The summed E-state index contributed by atoms with van der Waals surface area (Å²) in [6.07, 6.45) is 7.98. The van der Waals surface area contributed by atoms with Gasteiger partial charge in [-0.25, -0.2) is 0 Å². The molecule has 1 atom stereocenters. The SMILES string of the molecule is CCC[CH2][Sn]([CH2]CCC)([CH2]CCC)[c]1cccc(C(C)CO)n1. The summed E-state index contributed by atoms with van der Waals surface area (Å²) in [5.74, 6) is 0.155. The first-order chi connectivity index (χ1) is 11.1. The minimum atomic E-state index is -2.41. The number of aromatic nitrogens is 1. The predicted octanol–water partition coefficient (Wildman–Crippen LogP) is 5.23. The Kier molecular flexibility index (Phi) is 10.4. The van der Waals surface area contributed by atoms with Gasteiger partial charge in [0.15, 0.2) is 0 Å². The van der Waals surface area contributed by atoms with Crippen molar-refractivity contribution in [3.63, 3.8) is 0 Å². The van der Waals surface area contributed by atoms with Crippen LogP contribution in [0.2, 0.25) is 13.3 Å². The summed E-state index contributed by atoms with van der Waals surface area (Å²) in [6.45, 7) is 9.21. The maximum absolute atomic E-state index is 9.48. The van der Waals surface area contributed by atoms with Gasteiger partial charge in [-0.2, -0.15) is 0 Å². The molecule has 1 aromatic heterocycles. The molecule has 3 heteroatoms. The van der Waals surface area contributed by atoms with Crippen LogP contribution in [0.3, 0.4) is 0 Å². The molecule has 132 valence electrons. The van der Waals surface area contributed by atoms with E-state index in [2.05, 4.69) is 45.9 Å². The van der Waals surface area contributed by atoms with Crippen molar-refractivity contribution in [1.29, 1.82) is 0 Å². The zero-order valence-electron chi connectivity index (χ0n) is 15.8. The molecule has 1 rings (SSSR count). The summed E-state index contributed by atoms with van der Waals surface area (Å²) in [5.41, 5.74) is 1.09. The minimum absolute atomic E-state index is 0.155. The van der Waals surface area contributed by atoms with Gasteiger partial charge in [-0.05, 0) is 0 Å². The Hall–Kier alpha value is -0.0913. The zero-order chi connectivity index (χ0) is 17.1. The second-order valence-electron chi connectivity index (χ2n) is 7.12. The van der Waals surface area contributed by atoms with E-state index in [4.69, 9.17) is 4.98 Å². The number of unbranched alkanes of at least 4 members (excludes halogenated alkanes) is 3. The standard InChI is InChI=1S/C8H10NO.3C4H9.Sn/c1-7(6-10)8-4-2-3-5-9-8;3*1-3-4-2;/h2-4,7,10H,6H2,1H3;3*1,3-4H2,2H3;. The molecule has 0 aromatic carbocycles. The number of hydrogen-bond acceptors (Lipinski definition) is 2. The molecular formula is C20H37NOSn. The van der Waals surface area contributed by atoms with Crippen molar-refractivity contribution in [2.45, 2.75) is 85.4 Å². The molecule has 23 heavy (non-hydrogen) atoms. The fraction of sp³-hybridized carbons (Fsp3) is 0.750. The Morgan fingerprint density at radius 2 is 1.48 bits per heavy atom. The molecule has 0 saturated carbocycles. The Bertz CT molecular complexity index is 414. The van der Waals surface area contributed by atoms with Gasteiger partial charge >= 0.3 is 148 Å². The van der Waals surface area contributed by atoms with Crippen molar-refractivity contribution < 1.29 is 5.11 Å². The Morgan fingerprint density at radius 1 is 0.957 bits per heavy atom. The summed E-state index contributed by atoms with van der Waals surface area (Å²) in [7, 11) is 0. The molecule has 0 radical (unpaired) electrons.